The Morgan fingerprint density at radius 1 is 1.67 bits per heavy atom. The number of amides is 1. The van der Waals surface area contributed by atoms with E-state index in [0.717, 1.165) is 6.92 Å². The molecule has 15 heavy (non-hydrogen) atoms. The molecule has 6 heteroatoms. The maximum Gasteiger partial charge on any atom is 0.269 e. The van der Waals surface area contributed by atoms with Gasteiger partial charge in [-0.25, -0.2) is 8.78 Å². The minimum atomic E-state index is -2.94. The second kappa shape index (κ2) is 3.96. The summed E-state index contributed by atoms with van der Waals surface area (Å²) in [6.07, 6.45) is 1.43. The fourth-order valence-corrected chi connectivity index (χ4v) is 0.994. The van der Waals surface area contributed by atoms with Crippen molar-refractivity contribution in [1.29, 1.82) is 0 Å². The van der Waals surface area contributed by atoms with Crippen molar-refractivity contribution in [3.63, 3.8) is 0 Å². The fraction of sp³-hybridized carbons (Fsp3) is 0.556. The monoisotopic (exact) mass is 217 g/mol. The van der Waals surface area contributed by atoms with Crippen LogP contribution in [0.1, 0.15) is 24.3 Å². The third-order valence-electron chi connectivity index (χ3n) is 2.16. The first-order valence-electron chi connectivity index (χ1n) is 4.49. The van der Waals surface area contributed by atoms with E-state index in [2.05, 4.69) is 10.4 Å². The SMILES string of the molecule is CC(NC(=O)c1ccnn1C)C(C)(F)F. The van der Waals surface area contributed by atoms with E-state index < -0.39 is 17.9 Å². The first-order valence-corrected chi connectivity index (χ1v) is 4.49. The van der Waals surface area contributed by atoms with E-state index in [1.807, 2.05) is 0 Å². The van der Waals surface area contributed by atoms with Crippen LogP contribution in [0.25, 0.3) is 0 Å². The van der Waals surface area contributed by atoms with Crippen molar-refractivity contribution in [3.8, 4) is 0 Å². The van der Waals surface area contributed by atoms with Crippen LogP contribution in [-0.2, 0) is 7.05 Å². The quantitative estimate of drug-likeness (QED) is 0.826. The lowest BCUT2D eigenvalue weighted by molar-refractivity contribution is -0.0109. The summed E-state index contributed by atoms with van der Waals surface area (Å²) in [5.74, 6) is -3.49. The standard InChI is InChI=1S/C9H13F2N3O/c1-6(9(2,10)11)13-8(15)7-4-5-12-14(7)3/h4-6H,1-3H3,(H,13,15). The van der Waals surface area contributed by atoms with E-state index in [1.54, 1.807) is 7.05 Å². The number of carbonyl (C=O) groups excluding carboxylic acids is 1. The highest BCUT2D eigenvalue weighted by Crippen LogP contribution is 2.16. The van der Waals surface area contributed by atoms with Gasteiger partial charge in [0.15, 0.2) is 0 Å². The zero-order valence-electron chi connectivity index (χ0n) is 8.79. The number of nitrogens with one attached hydrogen (secondary N) is 1. The molecular weight excluding hydrogens is 204 g/mol. The number of hydrogen-bond acceptors (Lipinski definition) is 2. The molecule has 1 aromatic heterocycles. The van der Waals surface area contributed by atoms with Crippen LogP contribution in [-0.4, -0.2) is 27.7 Å². The molecule has 0 aliphatic carbocycles. The maximum absolute atomic E-state index is 12.8. The van der Waals surface area contributed by atoms with Gasteiger partial charge in [0.25, 0.3) is 11.8 Å². The molecule has 1 rings (SSSR count). The van der Waals surface area contributed by atoms with Crippen molar-refractivity contribution >= 4 is 5.91 Å². The van der Waals surface area contributed by atoms with Crippen LogP contribution in [0.4, 0.5) is 8.78 Å². The van der Waals surface area contributed by atoms with Gasteiger partial charge in [0.05, 0.1) is 6.04 Å². The third kappa shape index (κ3) is 2.74. The third-order valence-corrected chi connectivity index (χ3v) is 2.16. The van der Waals surface area contributed by atoms with Crippen molar-refractivity contribution in [3.05, 3.63) is 18.0 Å². The summed E-state index contributed by atoms with van der Waals surface area (Å²) >= 11 is 0. The molecule has 0 saturated heterocycles. The van der Waals surface area contributed by atoms with Crippen molar-refractivity contribution in [1.82, 2.24) is 15.1 Å². The summed E-state index contributed by atoms with van der Waals surface area (Å²) in [6.45, 7) is 2.02. The smallest absolute Gasteiger partial charge is 0.269 e. The Balaban J connectivity index is 2.69. The van der Waals surface area contributed by atoms with Gasteiger partial charge >= 0.3 is 0 Å². The summed E-state index contributed by atoms with van der Waals surface area (Å²) in [7, 11) is 1.57. The number of halogens is 2. The van der Waals surface area contributed by atoms with Gasteiger partial charge in [-0.3, -0.25) is 9.48 Å². The van der Waals surface area contributed by atoms with Gasteiger partial charge in [0.1, 0.15) is 5.69 Å². The molecule has 1 N–H and O–H groups in total. The number of aromatic nitrogens is 2. The second-order valence-electron chi connectivity index (χ2n) is 3.49. The number of rotatable bonds is 3. The van der Waals surface area contributed by atoms with Crippen LogP contribution in [0.3, 0.4) is 0 Å². The highest BCUT2D eigenvalue weighted by atomic mass is 19.3. The molecule has 0 radical (unpaired) electrons. The molecule has 1 heterocycles. The Hall–Kier alpha value is -1.46. The first-order chi connectivity index (χ1) is 6.82. The van der Waals surface area contributed by atoms with E-state index in [1.165, 1.54) is 23.9 Å². The number of carbonyl (C=O) groups is 1. The average molecular weight is 217 g/mol. The first kappa shape index (κ1) is 11.6. The number of hydrogen-bond donors (Lipinski definition) is 1. The summed E-state index contributed by atoms with van der Waals surface area (Å²) in [4.78, 5) is 11.5. The predicted octanol–water partition coefficient (Wildman–Crippen LogP) is 1.19. The summed E-state index contributed by atoms with van der Waals surface area (Å²) < 4.78 is 26.9. The Morgan fingerprint density at radius 2 is 2.27 bits per heavy atom. The molecule has 1 unspecified atom stereocenters. The van der Waals surface area contributed by atoms with E-state index >= 15 is 0 Å². The van der Waals surface area contributed by atoms with Gasteiger partial charge in [-0.1, -0.05) is 0 Å². The maximum atomic E-state index is 12.8. The zero-order valence-corrected chi connectivity index (χ0v) is 8.79. The van der Waals surface area contributed by atoms with Crippen molar-refractivity contribution in [2.75, 3.05) is 0 Å². The van der Waals surface area contributed by atoms with Crippen LogP contribution in [0, 0.1) is 0 Å². The molecule has 0 bridgehead atoms. The van der Waals surface area contributed by atoms with E-state index in [4.69, 9.17) is 0 Å². The molecule has 84 valence electrons. The Labute approximate surface area is 86.3 Å². The predicted molar refractivity (Wildman–Crippen MR) is 50.8 cm³/mol. The Kier molecular flexibility index (Phi) is 3.06. The summed E-state index contributed by atoms with van der Waals surface area (Å²) in [5, 5.41) is 5.99. The minimum absolute atomic E-state index is 0.256. The average Bonchev–Trinajstić information content (AvgIpc) is 2.49. The molecular formula is C9H13F2N3O. The number of alkyl halides is 2. The molecule has 4 nitrogen and oxygen atoms in total. The molecule has 0 saturated carbocycles. The van der Waals surface area contributed by atoms with Crippen LogP contribution in [0.2, 0.25) is 0 Å². The molecule has 0 aromatic carbocycles. The van der Waals surface area contributed by atoms with Crippen LogP contribution in [0.5, 0.6) is 0 Å². The van der Waals surface area contributed by atoms with Crippen LogP contribution in [0.15, 0.2) is 12.3 Å². The Bertz CT molecular complexity index is 356. The molecule has 0 aliphatic heterocycles. The van der Waals surface area contributed by atoms with Gasteiger partial charge in [0.2, 0.25) is 0 Å². The zero-order chi connectivity index (χ0) is 11.6. The lowest BCUT2D eigenvalue weighted by Crippen LogP contribution is -2.44. The van der Waals surface area contributed by atoms with Gasteiger partial charge in [0, 0.05) is 20.2 Å². The normalized spacial score (nSPS) is 13.7. The van der Waals surface area contributed by atoms with Gasteiger partial charge in [-0.05, 0) is 13.0 Å². The molecule has 1 aromatic rings. The van der Waals surface area contributed by atoms with E-state index in [-0.39, 0.29) is 5.69 Å². The molecule has 0 spiro atoms. The number of aryl methyl sites for hydroxylation is 1. The van der Waals surface area contributed by atoms with Crippen molar-refractivity contribution < 1.29 is 13.6 Å². The summed E-state index contributed by atoms with van der Waals surface area (Å²) in [5.41, 5.74) is 0.256. The molecule has 0 aliphatic rings. The van der Waals surface area contributed by atoms with Crippen LogP contribution < -0.4 is 5.32 Å². The summed E-state index contributed by atoms with van der Waals surface area (Å²) in [6, 6.07) is 0.260. The van der Waals surface area contributed by atoms with E-state index in [0.29, 0.717) is 0 Å². The molecule has 1 amide bonds. The lowest BCUT2D eigenvalue weighted by atomic mass is 10.2. The largest absolute Gasteiger partial charge is 0.342 e. The van der Waals surface area contributed by atoms with E-state index in [9.17, 15) is 13.6 Å². The van der Waals surface area contributed by atoms with Crippen LogP contribution >= 0.6 is 0 Å². The molecule has 1 atom stereocenters. The molecule has 0 fully saturated rings. The van der Waals surface area contributed by atoms with Gasteiger partial charge < -0.3 is 5.32 Å². The second-order valence-corrected chi connectivity index (χ2v) is 3.49. The topological polar surface area (TPSA) is 46.9 Å². The Morgan fingerprint density at radius 3 is 2.67 bits per heavy atom. The van der Waals surface area contributed by atoms with Gasteiger partial charge in [-0.2, -0.15) is 5.10 Å². The minimum Gasteiger partial charge on any atom is -0.342 e. The lowest BCUT2D eigenvalue weighted by Gasteiger charge is -2.20. The number of nitrogens with zero attached hydrogens (tertiary/aromatic N) is 2. The highest BCUT2D eigenvalue weighted by molar-refractivity contribution is 5.92. The van der Waals surface area contributed by atoms with Gasteiger partial charge in [-0.15, -0.1) is 0 Å². The fourth-order valence-electron chi connectivity index (χ4n) is 0.994. The highest BCUT2D eigenvalue weighted by Gasteiger charge is 2.31. The van der Waals surface area contributed by atoms with Crippen molar-refractivity contribution in [2.24, 2.45) is 7.05 Å². The van der Waals surface area contributed by atoms with Crippen molar-refractivity contribution in [2.45, 2.75) is 25.8 Å².